The Bertz CT molecular complexity index is 1070. The van der Waals surface area contributed by atoms with Crippen molar-refractivity contribution in [1.29, 1.82) is 0 Å². The van der Waals surface area contributed by atoms with Crippen molar-refractivity contribution in [2.75, 3.05) is 27.4 Å². The Hall–Kier alpha value is -3.26. The van der Waals surface area contributed by atoms with Gasteiger partial charge in [0.25, 0.3) is 0 Å². The van der Waals surface area contributed by atoms with Gasteiger partial charge in [-0.1, -0.05) is 40.2 Å². The molecular formula is C26H28BrNO6. The predicted octanol–water partition coefficient (Wildman–Crippen LogP) is 4.96. The van der Waals surface area contributed by atoms with E-state index in [0.717, 1.165) is 15.6 Å². The van der Waals surface area contributed by atoms with Crippen molar-refractivity contribution in [1.82, 2.24) is 4.90 Å². The van der Waals surface area contributed by atoms with Crippen LogP contribution in [0, 0.1) is 0 Å². The number of esters is 2. The van der Waals surface area contributed by atoms with Crippen LogP contribution < -0.4 is 9.47 Å². The first-order valence-corrected chi connectivity index (χ1v) is 11.7. The summed E-state index contributed by atoms with van der Waals surface area (Å²) in [6.07, 6.45) is 3.45. The fourth-order valence-corrected chi connectivity index (χ4v) is 4.32. The van der Waals surface area contributed by atoms with Crippen LogP contribution in [0.5, 0.6) is 11.5 Å². The lowest BCUT2D eigenvalue weighted by molar-refractivity contribution is -0.139. The van der Waals surface area contributed by atoms with Crippen LogP contribution in [0.3, 0.4) is 0 Å². The number of ether oxygens (including phenoxy) is 4. The molecule has 3 rings (SSSR count). The molecule has 1 heterocycles. The van der Waals surface area contributed by atoms with Gasteiger partial charge in [0.1, 0.15) is 0 Å². The van der Waals surface area contributed by atoms with Crippen LogP contribution in [-0.2, 0) is 25.6 Å². The molecule has 0 unspecified atom stereocenters. The standard InChI is InChI=1S/C26H28BrNO6/c1-5-33-25(29)19-15-28(14-17-11-12-22(31-3)23(13-17)32-4)16-20(26(30)34-6-2)24(19)18-9-7-8-10-21(18)27/h7-13,15-16,24H,5-6,14H2,1-4H3. The Labute approximate surface area is 208 Å². The number of hydrogen-bond donors (Lipinski definition) is 0. The van der Waals surface area contributed by atoms with Crippen LogP contribution in [0.1, 0.15) is 30.9 Å². The first-order valence-electron chi connectivity index (χ1n) is 10.9. The molecule has 2 aromatic carbocycles. The first-order chi connectivity index (χ1) is 16.4. The maximum absolute atomic E-state index is 13.1. The fourth-order valence-electron chi connectivity index (χ4n) is 3.81. The molecule has 0 saturated heterocycles. The van der Waals surface area contributed by atoms with Crippen molar-refractivity contribution in [3.05, 3.63) is 81.6 Å². The van der Waals surface area contributed by atoms with E-state index in [9.17, 15) is 9.59 Å². The number of methoxy groups -OCH3 is 2. The largest absolute Gasteiger partial charge is 0.493 e. The summed E-state index contributed by atoms with van der Waals surface area (Å²) in [5.74, 6) is -0.419. The summed E-state index contributed by atoms with van der Waals surface area (Å²) < 4.78 is 22.2. The van der Waals surface area contributed by atoms with Gasteiger partial charge in [-0.15, -0.1) is 0 Å². The van der Waals surface area contributed by atoms with Gasteiger partial charge < -0.3 is 23.8 Å². The van der Waals surface area contributed by atoms with Crippen LogP contribution in [0.25, 0.3) is 0 Å². The molecule has 0 aromatic heterocycles. The molecule has 0 aliphatic carbocycles. The van der Waals surface area contributed by atoms with Gasteiger partial charge in [-0.2, -0.15) is 0 Å². The minimum Gasteiger partial charge on any atom is -0.493 e. The summed E-state index contributed by atoms with van der Waals surface area (Å²) in [6, 6.07) is 13.1. The van der Waals surface area contributed by atoms with E-state index in [0.29, 0.717) is 29.2 Å². The summed E-state index contributed by atoms with van der Waals surface area (Å²) in [4.78, 5) is 27.9. The lowest BCUT2D eigenvalue weighted by atomic mass is 9.83. The van der Waals surface area contributed by atoms with E-state index < -0.39 is 17.9 Å². The number of nitrogens with zero attached hydrogens (tertiary/aromatic N) is 1. The molecule has 0 spiro atoms. The number of halogens is 1. The molecule has 0 bridgehead atoms. The zero-order valence-corrected chi connectivity index (χ0v) is 21.3. The summed E-state index contributed by atoms with van der Waals surface area (Å²) in [5, 5.41) is 0. The number of carbonyl (C=O) groups is 2. The minimum absolute atomic E-state index is 0.215. The van der Waals surface area contributed by atoms with E-state index in [1.165, 1.54) is 0 Å². The summed E-state index contributed by atoms with van der Waals surface area (Å²) in [7, 11) is 3.15. The van der Waals surface area contributed by atoms with Crippen LogP contribution >= 0.6 is 15.9 Å². The molecule has 7 nitrogen and oxygen atoms in total. The Kier molecular flexibility index (Phi) is 8.76. The molecule has 34 heavy (non-hydrogen) atoms. The Morgan fingerprint density at radius 3 is 2.00 bits per heavy atom. The second kappa shape index (κ2) is 11.7. The predicted molar refractivity (Wildman–Crippen MR) is 131 cm³/mol. The molecule has 0 radical (unpaired) electrons. The van der Waals surface area contributed by atoms with Gasteiger partial charge in [0.2, 0.25) is 0 Å². The van der Waals surface area contributed by atoms with Crippen LogP contribution in [-0.4, -0.2) is 44.3 Å². The summed E-state index contributed by atoms with van der Waals surface area (Å²) in [6.45, 7) is 4.31. The topological polar surface area (TPSA) is 74.3 Å². The quantitative estimate of drug-likeness (QED) is 0.425. The smallest absolute Gasteiger partial charge is 0.336 e. The fraction of sp³-hybridized carbons (Fsp3) is 0.308. The molecule has 0 N–H and O–H groups in total. The van der Waals surface area contributed by atoms with Crippen LogP contribution in [0.2, 0.25) is 0 Å². The highest BCUT2D eigenvalue weighted by Crippen LogP contribution is 2.40. The van der Waals surface area contributed by atoms with Gasteiger partial charge in [0.05, 0.1) is 44.5 Å². The third-order valence-corrected chi connectivity index (χ3v) is 6.01. The molecule has 0 fully saturated rings. The average Bonchev–Trinajstić information content (AvgIpc) is 2.84. The lowest BCUT2D eigenvalue weighted by Crippen LogP contribution is -2.29. The molecular weight excluding hydrogens is 502 g/mol. The minimum atomic E-state index is -0.643. The number of hydrogen-bond acceptors (Lipinski definition) is 7. The third-order valence-electron chi connectivity index (χ3n) is 5.28. The van der Waals surface area contributed by atoms with Gasteiger partial charge >= 0.3 is 11.9 Å². The maximum atomic E-state index is 13.1. The maximum Gasteiger partial charge on any atom is 0.336 e. The highest BCUT2D eigenvalue weighted by Gasteiger charge is 2.36. The van der Waals surface area contributed by atoms with Crippen molar-refractivity contribution in [2.45, 2.75) is 26.3 Å². The monoisotopic (exact) mass is 529 g/mol. The van der Waals surface area contributed by atoms with Gasteiger partial charge in [-0.25, -0.2) is 9.59 Å². The number of benzene rings is 2. The zero-order valence-electron chi connectivity index (χ0n) is 19.7. The van der Waals surface area contributed by atoms with Crippen molar-refractivity contribution in [3.8, 4) is 11.5 Å². The molecule has 2 aromatic rings. The molecule has 0 saturated carbocycles. The van der Waals surface area contributed by atoms with Gasteiger partial charge in [-0.3, -0.25) is 0 Å². The number of carbonyl (C=O) groups excluding carboxylic acids is 2. The van der Waals surface area contributed by atoms with Gasteiger partial charge in [0, 0.05) is 23.4 Å². The molecule has 1 aliphatic rings. The lowest BCUT2D eigenvalue weighted by Gasteiger charge is -2.31. The van der Waals surface area contributed by atoms with Crippen molar-refractivity contribution >= 4 is 27.9 Å². The van der Waals surface area contributed by atoms with Crippen LogP contribution in [0.4, 0.5) is 0 Å². The highest BCUT2D eigenvalue weighted by atomic mass is 79.9. The molecule has 1 aliphatic heterocycles. The van der Waals surface area contributed by atoms with E-state index in [1.807, 2.05) is 42.5 Å². The molecule has 8 heteroatoms. The van der Waals surface area contributed by atoms with E-state index in [1.54, 1.807) is 45.4 Å². The van der Waals surface area contributed by atoms with Gasteiger partial charge in [0.15, 0.2) is 11.5 Å². The number of rotatable bonds is 9. The third kappa shape index (κ3) is 5.62. The van der Waals surface area contributed by atoms with E-state index >= 15 is 0 Å². The summed E-state index contributed by atoms with van der Waals surface area (Å²) >= 11 is 3.56. The first kappa shape index (κ1) is 25.4. The Balaban J connectivity index is 2.09. The van der Waals surface area contributed by atoms with E-state index in [2.05, 4.69) is 15.9 Å². The molecule has 0 amide bonds. The van der Waals surface area contributed by atoms with Gasteiger partial charge in [-0.05, 0) is 43.2 Å². The second-order valence-corrected chi connectivity index (χ2v) is 8.28. The Morgan fingerprint density at radius 2 is 1.47 bits per heavy atom. The second-order valence-electron chi connectivity index (χ2n) is 7.43. The van der Waals surface area contributed by atoms with Crippen molar-refractivity contribution in [3.63, 3.8) is 0 Å². The zero-order chi connectivity index (χ0) is 24.7. The van der Waals surface area contributed by atoms with E-state index in [-0.39, 0.29) is 13.2 Å². The highest BCUT2D eigenvalue weighted by molar-refractivity contribution is 9.10. The summed E-state index contributed by atoms with van der Waals surface area (Å²) in [5.41, 5.74) is 2.36. The van der Waals surface area contributed by atoms with Crippen molar-refractivity contribution < 1.29 is 28.5 Å². The normalized spacial score (nSPS) is 13.6. The average molecular weight is 530 g/mol. The SMILES string of the molecule is CCOC(=O)C1=CN(Cc2ccc(OC)c(OC)c2)C=C(C(=O)OCC)C1c1ccccc1Br. The van der Waals surface area contributed by atoms with Crippen LogP contribution in [0.15, 0.2) is 70.5 Å². The van der Waals surface area contributed by atoms with Crippen molar-refractivity contribution in [2.24, 2.45) is 0 Å². The Morgan fingerprint density at radius 1 is 0.882 bits per heavy atom. The molecule has 180 valence electrons. The van der Waals surface area contributed by atoms with E-state index in [4.69, 9.17) is 18.9 Å². The molecule has 0 atom stereocenters.